The van der Waals surface area contributed by atoms with Gasteiger partial charge in [0.05, 0.1) is 6.10 Å². The second kappa shape index (κ2) is 4.72. The van der Waals surface area contributed by atoms with E-state index in [0.29, 0.717) is 29.9 Å². The van der Waals surface area contributed by atoms with Crippen LogP contribution in [0.25, 0.3) is 0 Å². The van der Waals surface area contributed by atoms with Crippen LogP contribution in [-0.4, -0.2) is 15.3 Å². The van der Waals surface area contributed by atoms with Crippen molar-refractivity contribution in [2.24, 2.45) is 0 Å². The van der Waals surface area contributed by atoms with Crippen molar-refractivity contribution in [3.63, 3.8) is 0 Å². The van der Waals surface area contributed by atoms with E-state index in [4.69, 9.17) is 4.74 Å². The molecule has 0 radical (unpaired) electrons. The van der Waals surface area contributed by atoms with E-state index >= 15 is 0 Å². The zero-order valence-electron chi connectivity index (χ0n) is 11.1. The molecule has 0 saturated carbocycles. The summed E-state index contributed by atoms with van der Waals surface area (Å²) in [6.07, 6.45) is 0.808. The lowest BCUT2D eigenvalue weighted by molar-refractivity contribution is 0.199. The molecule has 0 spiro atoms. The van der Waals surface area contributed by atoms with Crippen molar-refractivity contribution in [3.8, 4) is 23.0 Å². The third-order valence-electron chi connectivity index (χ3n) is 3.60. The van der Waals surface area contributed by atoms with Gasteiger partial charge in [0.15, 0.2) is 0 Å². The highest BCUT2D eigenvalue weighted by atomic mass is 16.5. The first-order chi connectivity index (χ1) is 9.54. The van der Waals surface area contributed by atoms with Crippen LogP contribution in [0.2, 0.25) is 0 Å². The van der Waals surface area contributed by atoms with E-state index < -0.39 is 6.10 Å². The van der Waals surface area contributed by atoms with Gasteiger partial charge in [-0.3, -0.25) is 0 Å². The van der Waals surface area contributed by atoms with Gasteiger partial charge in [-0.1, -0.05) is 6.07 Å². The highest BCUT2D eigenvalue weighted by molar-refractivity contribution is 5.54. The lowest BCUT2D eigenvalue weighted by atomic mass is 10.0. The summed E-state index contributed by atoms with van der Waals surface area (Å²) in [6, 6.07) is 8.37. The second-order valence-electron chi connectivity index (χ2n) is 5.09. The Kier molecular flexibility index (Phi) is 3.03. The van der Waals surface area contributed by atoms with Gasteiger partial charge in [-0.2, -0.15) is 0 Å². The molecule has 1 atom stereocenters. The molecular weight excluding hydrogens is 256 g/mol. The van der Waals surface area contributed by atoms with E-state index in [1.807, 2.05) is 18.2 Å². The van der Waals surface area contributed by atoms with E-state index in [1.165, 1.54) is 12.1 Å². The first kappa shape index (κ1) is 12.8. The van der Waals surface area contributed by atoms with Crippen molar-refractivity contribution in [3.05, 3.63) is 47.0 Å². The zero-order chi connectivity index (χ0) is 14.3. The van der Waals surface area contributed by atoms with Crippen LogP contribution in [0.1, 0.15) is 29.7 Å². The monoisotopic (exact) mass is 272 g/mol. The number of hydrogen-bond donors (Lipinski definition) is 3. The number of rotatable bonds is 1. The molecule has 4 heteroatoms. The maximum absolute atomic E-state index is 9.90. The minimum atomic E-state index is -0.525. The number of ether oxygens (including phenoxy) is 1. The standard InChI is InChI=1S/C16H16O4/c1-9(17)10-3-5-15-11(6-10)2-4-13-14(19)7-12(18)8-16(13)20-15/h3,5-9,17-19H,2,4H2,1H3. The number of aryl methyl sites for hydroxylation is 1. The molecule has 0 saturated heterocycles. The molecule has 4 nitrogen and oxygen atoms in total. The fraction of sp³-hybridized carbons (Fsp3) is 0.250. The molecule has 104 valence electrons. The van der Waals surface area contributed by atoms with Crippen LogP contribution >= 0.6 is 0 Å². The van der Waals surface area contributed by atoms with Crippen molar-refractivity contribution < 1.29 is 20.1 Å². The van der Waals surface area contributed by atoms with Gasteiger partial charge >= 0.3 is 0 Å². The maximum atomic E-state index is 9.90. The van der Waals surface area contributed by atoms with Crippen LogP contribution < -0.4 is 4.74 Å². The highest BCUT2D eigenvalue weighted by Gasteiger charge is 2.19. The summed E-state index contributed by atoms with van der Waals surface area (Å²) < 4.78 is 5.80. The molecule has 1 unspecified atom stereocenters. The van der Waals surface area contributed by atoms with Gasteiger partial charge in [0.25, 0.3) is 0 Å². The molecule has 1 aliphatic rings. The Bertz CT molecular complexity index is 662. The van der Waals surface area contributed by atoms with Gasteiger partial charge in [-0.25, -0.2) is 0 Å². The third-order valence-corrected chi connectivity index (χ3v) is 3.60. The Hall–Kier alpha value is -2.20. The Morgan fingerprint density at radius 1 is 1.05 bits per heavy atom. The lowest BCUT2D eigenvalue weighted by Gasteiger charge is -2.12. The van der Waals surface area contributed by atoms with Gasteiger partial charge in [0, 0.05) is 17.7 Å². The Labute approximate surface area is 116 Å². The van der Waals surface area contributed by atoms with Crippen molar-refractivity contribution in [1.29, 1.82) is 0 Å². The highest BCUT2D eigenvalue weighted by Crippen LogP contribution is 2.40. The maximum Gasteiger partial charge on any atom is 0.138 e. The zero-order valence-corrected chi connectivity index (χ0v) is 11.1. The van der Waals surface area contributed by atoms with Gasteiger partial charge in [-0.15, -0.1) is 0 Å². The number of aliphatic hydroxyl groups is 1. The molecule has 1 aliphatic heterocycles. The molecule has 20 heavy (non-hydrogen) atoms. The van der Waals surface area contributed by atoms with Crippen LogP contribution in [0.15, 0.2) is 30.3 Å². The normalized spacial score (nSPS) is 14.7. The average molecular weight is 272 g/mol. The number of aliphatic hydroxyl groups excluding tert-OH is 1. The summed E-state index contributed by atoms with van der Waals surface area (Å²) in [4.78, 5) is 0. The van der Waals surface area contributed by atoms with Gasteiger partial charge in [0.2, 0.25) is 0 Å². The molecule has 2 aromatic rings. The van der Waals surface area contributed by atoms with E-state index in [0.717, 1.165) is 11.1 Å². The van der Waals surface area contributed by atoms with Gasteiger partial charge < -0.3 is 20.1 Å². The van der Waals surface area contributed by atoms with Crippen LogP contribution in [0, 0.1) is 0 Å². The molecule has 0 bridgehead atoms. The fourth-order valence-corrected chi connectivity index (χ4v) is 2.49. The summed E-state index contributed by atoms with van der Waals surface area (Å²) >= 11 is 0. The molecule has 0 aromatic heterocycles. The fourth-order valence-electron chi connectivity index (χ4n) is 2.49. The van der Waals surface area contributed by atoms with Crippen molar-refractivity contribution in [2.75, 3.05) is 0 Å². The lowest BCUT2D eigenvalue weighted by Crippen LogP contribution is -1.95. The topological polar surface area (TPSA) is 69.9 Å². The number of aromatic hydroxyl groups is 2. The minimum Gasteiger partial charge on any atom is -0.508 e. The van der Waals surface area contributed by atoms with Gasteiger partial charge in [-0.05, 0) is 43.0 Å². The number of phenols is 2. The molecule has 3 N–H and O–H groups in total. The van der Waals surface area contributed by atoms with Crippen molar-refractivity contribution in [2.45, 2.75) is 25.9 Å². The average Bonchev–Trinajstić information content (AvgIpc) is 2.56. The van der Waals surface area contributed by atoms with E-state index in [2.05, 4.69) is 0 Å². The van der Waals surface area contributed by atoms with Crippen LogP contribution in [0.3, 0.4) is 0 Å². The predicted molar refractivity (Wildman–Crippen MR) is 74.3 cm³/mol. The Morgan fingerprint density at radius 2 is 1.85 bits per heavy atom. The summed E-state index contributed by atoms with van der Waals surface area (Å²) in [5.41, 5.74) is 2.52. The van der Waals surface area contributed by atoms with E-state index in [-0.39, 0.29) is 11.5 Å². The predicted octanol–water partition coefficient (Wildman–Crippen LogP) is 3.04. The molecule has 0 amide bonds. The third kappa shape index (κ3) is 2.18. The van der Waals surface area contributed by atoms with Crippen molar-refractivity contribution >= 4 is 0 Å². The second-order valence-corrected chi connectivity index (χ2v) is 5.09. The van der Waals surface area contributed by atoms with Crippen LogP contribution in [0.5, 0.6) is 23.0 Å². The number of benzene rings is 2. The van der Waals surface area contributed by atoms with Crippen LogP contribution in [0.4, 0.5) is 0 Å². The number of phenolic OH excluding ortho intramolecular Hbond substituents is 2. The first-order valence-corrected chi connectivity index (χ1v) is 6.58. The molecule has 0 aliphatic carbocycles. The molecule has 3 rings (SSSR count). The summed E-state index contributed by atoms with van der Waals surface area (Å²) in [6.45, 7) is 1.72. The summed E-state index contributed by atoms with van der Waals surface area (Å²) in [5.74, 6) is 1.19. The number of hydrogen-bond acceptors (Lipinski definition) is 4. The Balaban J connectivity index is 2.05. The largest absolute Gasteiger partial charge is 0.508 e. The smallest absolute Gasteiger partial charge is 0.138 e. The molecule has 2 aromatic carbocycles. The van der Waals surface area contributed by atoms with Crippen LogP contribution in [-0.2, 0) is 12.8 Å². The summed E-state index contributed by atoms with van der Waals surface area (Å²) in [5, 5.41) is 29.1. The van der Waals surface area contributed by atoms with Crippen molar-refractivity contribution in [1.82, 2.24) is 0 Å². The Morgan fingerprint density at radius 3 is 2.60 bits per heavy atom. The SMILES string of the molecule is CC(O)c1ccc2c(c1)CCc1c(O)cc(O)cc1O2. The number of fused-ring (bicyclic) bond motifs is 2. The minimum absolute atomic E-state index is 0.0229. The van der Waals surface area contributed by atoms with E-state index in [9.17, 15) is 15.3 Å². The van der Waals surface area contributed by atoms with E-state index in [1.54, 1.807) is 6.92 Å². The summed E-state index contributed by atoms with van der Waals surface area (Å²) in [7, 11) is 0. The quantitative estimate of drug-likeness (QED) is 0.746. The first-order valence-electron chi connectivity index (χ1n) is 6.58. The van der Waals surface area contributed by atoms with Gasteiger partial charge in [0.1, 0.15) is 23.0 Å². The molecular formula is C16H16O4. The molecule has 1 heterocycles. The molecule has 0 fully saturated rings.